The van der Waals surface area contributed by atoms with Crippen LogP contribution in [0, 0.1) is 19.3 Å². The van der Waals surface area contributed by atoms with E-state index in [1.807, 2.05) is 0 Å². The molecule has 0 saturated carbocycles. The Morgan fingerprint density at radius 1 is 1.34 bits per heavy atom. The van der Waals surface area contributed by atoms with Crippen LogP contribution in [0.15, 0.2) is 10.9 Å². The summed E-state index contributed by atoms with van der Waals surface area (Å²) in [7, 11) is -17.8. The second-order valence-electron chi connectivity index (χ2n) is 6.10. The number of aliphatic hydroxyl groups excluding tert-OH is 1. The molecule has 0 aromatic carbocycles. The van der Waals surface area contributed by atoms with Gasteiger partial charge in [-0.05, 0) is 13.0 Å². The number of nitrogen functional groups attached to an aromatic ring is 1. The van der Waals surface area contributed by atoms with Gasteiger partial charge in [-0.15, -0.1) is 6.42 Å². The fourth-order valence-electron chi connectivity index (χ4n) is 2.53. The van der Waals surface area contributed by atoms with Crippen molar-refractivity contribution in [2.75, 3.05) is 12.3 Å². The molecule has 17 nitrogen and oxygen atoms in total. The predicted octanol–water partition coefficient (Wildman–Crippen LogP) is -1.90. The highest BCUT2D eigenvalue weighted by molar-refractivity contribution is 7.66. The van der Waals surface area contributed by atoms with Crippen molar-refractivity contribution in [3.63, 3.8) is 0 Å². The van der Waals surface area contributed by atoms with Gasteiger partial charge < -0.3 is 40.3 Å². The van der Waals surface area contributed by atoms with Crippen LogP contribution in [-0.2, 0) is 31.6 Å². The van der Waals surface area contributed by atoms with Crippen LogP contribution in [0.2, 0.25) is 0 Å². The maximum Gasteiger partial charge on any atom is 0.490 e. The van der Waals surface area contributed by atoms with Gasteiger partial charge >= 0.3 is 29.2 Å². The lowest BCUT2D eigenvalue weighted by Gasteiger charge is -2.27. The second kappa shape index (κ2) is 9.05. The average Bonchev–Trinajstić information content (AvgIpc) is 2.83. The first-order valence-electron chi connectivity index (χ1n) is 8.88. The van der Waals surface area contributed by atoms with Crippen LogP contribution < -0.4 is 11.4 Å². The van der Waals surface area contributed by atoms with Crippen molar-refractivity contribution in [2.24, 2.45) is 0 Å². The number of hydrogen-bond acceptors (Lipinski definition) is 12. The van der Waals surface area contributed by atoms with E-state index in [-0.39, 0.29) is 11.5 Å². The van der Waals surface area contributed by atoms with Gasteiger partial charge in [0.25, 0.3) is 0 Å². The molecule has 0 aliphatic carbocycles. The van der Waals surface area contributed by atoms with Crippen LogP contribution in [0.3, 0.4) is 0 Å². The van der Waals surface area contributed by atoms with Crippen molar-refractivity contribution in [2.45, 2.75) is 31.0 Å². The van der Waals surface area contributed by atoms with Crippen LogP contribution in [0.25, 0.3) is 0 Å². The maximum atomic E-state index is 12.3. The first kappa shape index (κ1) is 23.7. The van der Waals surface area contributed by atoms with Gasteiger partial charge in [0.15, 0.2) is 11.8 Å². The summed E-state index contributed by atoms with van der Waals surface area (Å²) < 4.78 is 66.5. The molecule has 0 amide bonds. The fourth-order valence-corrected chi connectivity index (χ4v) is 5.41. The third-order valence-electron chi connectivity index (χ3n) is 3.72. The molecular weight excluding hydrogens is 503 g/mol. The first-order chi connectivity index (χ1) is 15.1. The number of aromatic nitrogens is 2. The van der Waals surface area contributed by atoms with E-state index in [2.05, 4.69) is 18.1 Å². The number of rotatable bonds is 8. The number of anilines is 1. The molecule has 1 aromatic heterocycles. The minimum absolute atomic E-state index is 0.0162. The summed E-state index contributed by atoms with van der Waals surface area (Å²) in [5.41, 5.74) is 1.42. The zero-order valence-corrected chi connectivity index (χ0v) is 18.3. The SMILES string of the molecule is [2H]C([2H])(OP(=O)(O)OP(=O)(O)OP(=O)(O)O)[C@H]1O[C@@H](n2c(C)cc(N)nc2=O)C(O)(C#C)[C@H]1O. The summed E-state index contributed by atoms with van der Waals surface area (Å²) in [6, 6.07) is 1.14. The molecule has 1 aromatic rings. The molecule has 2 heterocycles. The summed E-state index contributed by atoms with van der Waals surface area (Å²) >= 11 is 0. The molecule has 0 radical (unpaired) electrons. The topological polar surface area (TPSA) is 270 Å². The van der Waals surface area contributed by atoms with Crippen LogP contribution in [0.4, 0.5) is 5.82 Å². The maximum absolute atomic E-state index is 12.3. The van der Waals surface area contributed by atoms with E-state index in [9.17, 15) is 38.5 Å². The number of aryl methyl sites for hydroxylation is 1. The highest BCUT2D eigenvalue weighted by atomic mass is 31.3. The summed E-state index contributed by atoms with van der Waals surface area (Å²) in [6.07, 6.45) is -1.74. The van der Waals surface area contributed by atoms with Gasteiger partial charge in [-0.2, -0.15) is 13.6 Å². The molecule has 6 atom stereocenters. The molecule has 1 fully saturated rings. The Bertz CT molecular complexity index is 1210. The first-order valence-corrected chi connectivity index (χ1v) is 12.4. The van der Waals surface area contributed by atoms with Crippen molar-refractivity contribution in [3.8, 4) is 12.3 Å². The Hall–Kier alpha value is -1.47. The Morgan fingerprint density at radius 3 is 2.44 bits per heavy atom. The third kappa shape index (κ3) is 6.10. The molecule has 1 aliphatic rings. The number of ether oxygens (including phenoxy) is 1. The van der Waals surface area contributed by atoms with E-state index in [4.69, 9.17) is 29.4 Å². The minimum Gasteiger partial charge on any atom is -0.386 e. The van der Waals surface area contributed by atoms with Crippen molar-refractivity contribution >= 4 is 29.3 Å². The molecule has 3 unspecified atom stereocenters. The molecule has 1 aliphatic heterocycles. The van der Waals surface area contributed by atoms with Gasteiger partial charge in [-0.25, -0.2) is 18.5 Å². The number of terminal acetylenes is 1. The number of phosphoric ester groups is 1. The van der Waals surface area contributed by atoms with Crippen molar-refractivity contribution in [1.82, 2.24) is 9.55 Å². The number of aliphatic hydroxyl groups is 2. The monoisotopic (exact) mass is 523 g/mol. The molecule has 0 bridgehead atoms. The lowest BCUT2D eigenvalue weighted by molar-refractivity contribution is -0.0770. The quantitative estimate of drug-likeness (QED) is 0.145. The van der Waals surface area contributed by atoms with E-state index in [1.54, 1.807) is 5.92 Å². The zero-order valence-electron chi connectivity index (χ0n) is 17.6. The molecule has 32 heavy (non-hydrogen) atoms. The molecule has 2 rings (SSSR count). The van der Waals surface area contributed by atoms with E-state index in [0.717, 1.165) is 6.07 Å². The summed E-state index contributed by atoms with van der Waals surface area (Å²) in [6.45, 7) is -2.38. The third-order valence-corrected chi connectivity index (χ3v) is 7.39. The standard InChI is InChI=1S/C12H18N3O14P3/c1-3-12(18)9(16)7(27-10(12)15-6(2)4-8(13)14-11(15)17)5-26-31(22,23)29-32(24,25)28-30(19,20)21/h1,4,7,9-10,16,18H,5H2,2H3,(H,22,23)(H,24,25)(H2,13,14,17)(H2,19,20,21)/t7-,9+,10-,12?/m1/s1/i5D2. The van der Waals surface area contributed by atoms with Crippen LogP contribution in [-0.4, -0.2) is 63.7 Å². The molecular formula is C12H18N3O14P3. The summed E-state index contributed by atoms with van der Waals surface area (Å²) in [5, 5.41) is 21.2. The Balaban J connectivity index is 2.41. The largest absolute Gasteiger partial charge is 0.490 e. The van der Waals surface area contributed by atoms with Crippen LogP contribution >= 0.6 is 23.5 Å². The molecule has 20 heteroatoms. The second-order valence-corrected chi connectivity index (χ2v) is 10.4. The van der Waals surface area contributed by atoms with E-state index >= 15 is 0 Å². The lowest BCUT2D eigenvalue weighted by atomic mass is 9.95. The summed E-state index contributed by atoms with van der Waals surface area (Å²) in [4.78, 5) is 51.5. The Kier molecular flexibility index (Phi) is 6.70. The van der Waals surface area contributed by atoms with Crippen LogP contribution in [0.5, 0.6) is 0 Å². The number of phosphoric acid groups is 3. The van der Waals surface area contributed by atoms with E-state index in [1.165, 1.54) is 6.92 Å². The van der Waals surface area contributed by atoms with Crippen molar-refractivity contribution in [1.29, 1.82) is 0 Å². The summed E-state index contributed by atoms with van der Waals surface area (Å²) in [5.74, 6) is 1.49. The Morgan fingerprint density at radius 2 is 1.94 bits per heavy atom. The van der Waals surface area contributed by atoms with E-state index < -0.39 is 59.8 Å². The number of nitrogens with two attached hydrogens (primary N) is 1. The molecule has 1 saturated heterocycles. The number of hydrogen-bond donors (Lipinski definition) is 7. The lowest BCUT2D eigenvalue weighted by Crippen LogP contribution is -2.48. The zero-order chi connectivity index (χ0) is 26.5. The Labute approximate surface area is 181 Å². The number of nitrogens with zero attached hydrogens (tertiary/aromatic N) is 2. The fraction of sp³-hybridized carbons (Fsp3) is 0.500. The van der Waals surface area contributed by atoms with Crippen molar-refractivity contribution < 1.29 is 64.1 Å². The van der Waals surface area contributed by atoms with Gasteiger partial charge in [0.05, 0.1) is 9.30 Å². The van der Waals surface area contributed by atoms with Gasteiger partial charge in [0, 0.05) is 5.69 Å². The van der Waals surface area contributed by atoms with Gasteiger partial charge in [0.2, 0.25) is 0 Å². The van der Waals surface area contributed by atoms with Gasteiger partial charge in [-0.1, -0.05) is 5.92 Å². The normalized spacial score (nSPS) is 31.1. The molecule has 8 N–H and O–H groups in total. The smallest absolute Gasteiger partial charge is 0.386 e. The highest BCUT2D eigenvalue weighted by Crippen LogP contribution is 2.66. The van der Waals surface area contributed by atoms with Gasteiger partial charge in [0.1, 0.15) is 18.0 Å². The predicted molar refractivity (Wildman–Crippen MR) is 101 cm³/mol. The van der Waals surface area contributed by atoms with Gasteiger partial charge in [-0.3, -0.25) is 9.09 Å². The average molecular weight is 523 g/mol. The highest BCUT2D eigenvalue weighted by Gasteiger charge is 2.57. The van der Waals surface area contributed by atoms with Crippen LogP contribution in [0.1, 0.15) is 14.7 Å². The molecule has 0 spiro atoms. The minimum atomic E-state index is -6.05. The van der Waals surface area contributed by atoms with E-state index in [0.29, 0.717) is 4.57 Å². The molecule has 180 valence electrons. The van der Waals surface area contributed by atoms with Crippen molar-refractivity contribution in [3.05, 3.63) is 22.2 Å².